The summed E-state index contributed by atoms with van der Waals surface area (Å²) in [6, 6.07) is 2.14. The lowest BCUT2D eigenvalue weighted by molar-refractivity contribution is -0.140. The lowest BCUT2D eigenvalue weighted by atomic mass is 10.1. The number of carbonyl (C=O) groups is 2. The third-order valence-electron chi connectivity index (χ3n) is 6.56. The smallest absolute Gasteiger partial charge is 0.292 e. The molecule has 6 heteroatoms. The van der Waals surface area contributed by atoms with Gasteiger partial charge >= 0.3 is 0 Å². The molecule has 0 N–H and O–H groups in total. The molecular weight excluding hydrogens is 456 g/mol. The Labute approximate surface area is 217 Å². The van der Waals surface area contributed by atoms with Gasteiger partial charge in [-0.1, -0.05) is 142 Å². The van der Waals surface area contributed by atoms with Crippen LogP contribution >= 0.6 is 0 Å². The van der Waals surface area contributed by atoms with Crippen LogP contribution in [0.2, 0.25) is 12.1 Å². The molecule has 0 saturated heterocycles. The Balaban J connectivity index is 3.29. The fraction of sp³-hybridized carbons (Fsp3) is 0.929. The molecule has 0 heterocycles. The van der Waals surface area contributed by atoms with Gasteiger partial charge in [0.05, 0.1) is 12.8 Å². The van der Waals surface area contributed by atoms with Crippen molar-refractivity contribution in [3.05, 3.63) is 0 Å². The van der Waals surface area contributed by atoms with E-state index in [0.717, 1.165) is 12.1 Å². The molecule has 0 spiro atoms. The molecule has 0 aromatic rings. The highest BCUT2D eigenvalue weighted by atomic mass is 28.2. The van der Waals surface area contributed by atoms with Crippen LogP contribution in [0.25, 0.3) is 0 Å². The van der Waals surface area contributed by atoms with Crippen LogP contribution in [0, 0.1) is 0 Å². The van der Waals surface area contributed by atoms with Gasteiger partial charge in [-0.15, -0.1) is 0 Å². The highest BCUT2D eigenvalue weighted by Crippen LogP contribution is 2.12. The lowest BCUT2D eigenvalue weighted by Crippen LogP contribution is -2.13. The van der Waals surface area contributed by atoms with Crippen molar-refractivity contribution in [3.8, 4) is 0 Å². The Morgan fingerprint density at radius 1 is 0.441 bits per heavy atom. The first-order valence-electron chi connectivity index (χ1n) is 15.0. The van der Waals surface area contributed by atoms with Gasteiger partial charge < -0.3 is 8.85 Å². The van der Waals surface area contributed by atoms with E-state index in [2.05, 4.69) is 13.8 Å². The minimum atomic E-state index is -0.765. The summed E-state index contributed by atoms with van der Waals surface area (Å²) >= 11 is 0. The van der Waals surface area contributed by atoms with Crippen molar-refractivity contribution in [1.29, 1.82) is 0 Å². The quantitative estimate of drug-likeness (QED) is 0.0832. The summed E-state index contributed by atoms with van der Waals surface area (Å²) in [7, 11) is -1.53. The van der Waals surface area contributed by atoms with Gasteiger partial charge in [-0.05, 0) is 12.1 Å². The standard InChI is InChI=1S/C28H58O4Si2/c1-3-5-7-9-11-13-15-17-19-21-25-33-31-27(29)23-24-28(30)32-34-26-22-20-18-16-14-12-10-8-6-4-2/h3-26,33-34H2,1-2H3. The van der Waals surface area contributed by atoms with E-state index in [1.165, 1.54) is 128 Å². The van der Waals surface area contributed by atoms with Crippen LogP contribution in [0.1, 0.15) is 155 Å². The predicted molar refractivity (Wildman–Crippen MR) is 152 cm³/mol. The SMILES string of the molecule is CCCCCCCCCCCC[SiH2]OC(=O)CCC(=O)O[SiH2]CCCCCCCCCCCC. The number of hydrogen-bond acceptors (Lipinski definition) is 4. The van der Waals surface area contributed by atoms with Gasteiger partial charge in [0, 0.05) is 0 Å². The Morgan fingerprint density at radius 3 is 1.00 bits per heavy atom. The topological polar surface area (TPSA) is 52.6 Å². The summed E-state index contributed by atoms with van der Waals surface area (Å²) in [6.45, 7) is 4.52. The fourth-order valence-corrected chi connectivity index (χ4v) is 6.40. The first kappa shape index (κ1) is 33.4. The van der Waals surface area contributed by atoms with Crippen LogP contribution < -0.4 is 0 Å². The first-order valence-corrected chi connectivity index (χ1v) is 18.2. The molecule has 0 amide bonds. The van der Waals surface area contributed by atoms with E-state index in [4.69, 9.17) is 8.85 Å². The van der Waals surface area contributed by atoms with Crippen molar-refractivity contribution in [2.75, 3.05) is 0 Å². The molecule has 0 radical (unpaired) electrons. The van der Waals surface area contributed by atoms with Gasteiger partial charge in [-0.25, -0.2) is 0 Å². The molecular formula is C28H58O4Si2. The zero-order valence-corrected chi connectivity index (χ0v) is 25.8. The minimum absolute atomic E-state index is 0.191. The normalized spacial score (nSPS) is 11.7. The molecule has 0 atom stereocenters. The second-order valence-corrected chi connectivity index (χ2v) is 12.8. The Morgan fingerprint density at radius 2 is 0.706 bits per heavy atom. The van der Waals surface area contributed by atoms with E-state index in [0.29, 0.717) is 0 Å². The van der Waals surface area contributed by atoms with Crippen molar-refractivity contribution in [3.63, 3.8) is 0 Å². The zero-order chi connectivity index (χ0) is 25.0. The Hall–Kier alpha value is -0.626. The van der Waals surface area contributed by atoms with E-state index in [-0.39, 0.29) is 24.8 Å². The fourth-order valence-electron chi connectivity index (χ4n) is 4.25. The van der Waals surface area contributed by atoms with Crippen molar-refractivity contribution < 1.29 is 18.4 Å². The summed E-state index contributed by atoms with van der Waals surface area (Å²) in [4.78, 5) is 23.6. The second-order valence-electron chi connectivity index (χ2n) is 10.0. The first-order chi connectivity index (χ1) is 16.7. The Kier molecular flexibility index (Phi) is 28.1. The molecule has 0 fully saturated rings. The van der Waals surface area contributed by atoms with Gasteiger partial charge in [-0.2, -0.15) is 0 Å². The maximum Gasteiger partial charge on any atom is 0.292 e. The van der Waals surface area contributed by atoms with Gasteiger partial charge in [0.2, 0.25) is 19.5 Å². The minimum Gasteiger partial charge on any atom is -0.525 e. The van der Waals surface area contributed by atoms with Gasteiger partial charge in [0.15, 0.2) is 0 Å². The van der Waals surface area contributed by atoms with Crippen LogP contribution in [0.5, 0.6) is 0 Å². The third-order valence-corrected chi connectivity index (χ3v) is 9.18. The molecule has 34 heavy (non-hydrogen) atoms. The summed E-state index contributed by atoms with van der Waals surface area (Å²) in [5.41, 5.74) is 0. The monoisotopic (exact) mass is 514 g/mol. The maximum atomic E-state index is 11.8. The van der Waals surface area contributed by atoms with E-state index in [9.17, 15) is 9.59 Å². The average Bonchev–Trinajstić information content (AvgIpc) is 2.84. The zero-order valence-electron chi connectivity index (χ0n) is 23.0. The molecule has 0 bridgehead atoms. The highest BCUT2D eigenvalue weighted by Gasteiger charge is 2.09. The molecule has 0 aliphatic rings. The van der Waals surface area contributed by atoms with Crippen molar-refractivity contribution in [2.24, 2.45) is 0 Å². The number of rotatable bonds is 27. The van der Waals surface area contributed by atoms with E-state index in [1.807, 2.05) is 0 Å². The van der Waals surface area contributed by atoms with Crippen molar-refractivity contribution in [1.82, 2.24) is 0 Å². The molecule has 0 aliphatic carbocycles. The average molecular weight is 515 g/mol. The second kappa shape index (κ2) is 28.6. The van der Waals surface area contributed by atoms with Gasteiger partial charge in [0.1, 0.15) is 0 Å². The van der Waals surface area contributed by atoms with Gasteiger partial charge in [0.25, 0.3) is 11.9 Å². The van der Waals surface area contributed by atoms with E-state index >= 15 is 0 Å². The summed E-state index contributed by atoms with van der Waals surface area (Å²) < 4.78 is 10.8. The van der Waals surface area contributed by atoms with Crippen LogP contribution in [0.15, 0.2) is 0 Å². The van der Waals surface area contributed by atoms with Crippen LogP contribution in [0.3, 0.4) is 0 Å². The lowest BCUT2D eigenvalue weighted by Gasteiger charge is -2.07. The predicted octanol–water partition coefficient (Wildman–Crippen LogP) is 7.70. The molecule has 0 saturated carbocycles. The molecule has 0 unspecified atom stereocenters. The van der Waals surface area contributed by atoms with Crippen LogP contribution in [-0.4, -0.2) is 31.5 Å². The van der Waals surface area contributed by atoms with E-state index < -0.39 is 19.5 Å². The highest BCUT2D eigenvalue weighted by molar-refractivity contribution is 6.31. The number of hydrogen-bond donors (Lipinski definition) is 0. The summed E-state index contributed by atoms with van der Waals surface area (Å²) in [5, 5.41) is 0. The molecule has 4 nitrogen and oxygen atoms in total. The largest absolute Gasteiger partial charge is 0.525 e. The molecule has 0 aliphatic heterocycles. The van der Waals surface area contributed by atoms with E-state index in [1.54, 1.807) is 0 Å². The molecule has 202 valence electrons. The maximum absolute atomic E-state index is 11.8. The van der Waals surface area contributed by atoms with Gasteiger partial charge in [-0.3, -0.25) is 9.59 Å². The summed E-state index contributed by atoms with van der Waals surface area (Å²) in [6.07, 6.45) is 27.1. The third kappa shape index (κ3) is 27.6. The van der Waals surface area contributed by atoms with Crippen molar-refractivity contribution in [2.45, 2.75) is 167 Å². The number of unbranched alkanes of at least 4 members (excludes halogenated alkanes) is 18. The molecule has 0 rings (SSSR count). The Bertz CT molecular complexity index is 406. The number of carbonyl (C=O) groups excluding carboxylic acids is 2. The van der Waals surface area contributed by atoms with Crippen molar-refractivity contribution >= 4 is 31.5 Å². The van der Waals surface area contributed by atoms with Crippen LogP contribution in [0.4, 0.5) is 0 Å². The summed E-state index contributed by atoms with van der Waals surface area (Å²) in [5.74, 6) is -0.404. The van der Waals surface area contributed by atoms with Crippen LogP contribution in [-0.2, 0) is 18.4 Å². The molecule has 0 aromatic heterocycles. The molecule has 0 aromatic carbocycles.